The van der Waals surface area contributed by atoms with Crippen molar-refractivity contribution in [1.29, 1.82) is 0 Å². The number of nitrogens with one attached hydrogen (secondary N) is 2. The van der Waals surface area contributed by atoms with Gasteiger partial charge in [0.25, 0.3) is 0 Å². The number of benzene rings is 1. The fourth-order valence-corrected chi connectivity index (χ4v) is 2.22. The molecule has 1 aromatic heterocycles. The lowest BCUT2D eigenvalue weighted by Crippen LogP contribution is -2.30. The van der Waals surface area contributed by atoms with Gasteiger partial charge in [-0.25, -0.2) is 13.9 Å². The zero-order chi connectivity index (χ0) is 19.3. The summed E-state index contributed by atoms with van der Waals surface area (Å²) in [5, 5.41) is 18.5. The number of anilines is 1. The van der Waals surface area contributed by atoms with Crippen molar-refractivity contribution in [2.75, 3.05) is 11.9 Å². The maximum absolute atomic E-state index is 13.2. The maximum Gasteiger partial charge on any atom is 0.320 e. The molecule has 1 aromatic carbocycles. The number of aliphatic carboxylic acids is 1. The Hall–Kier alpha value is -2.90. The van der Waals surface area contributed by atoms with E-state index < -0.39 is 12.0 Å². The molecule has 7 nitrogen and oxygen atoms in total. The third kappa shape index (κ3) is 5.30. The molecule has 0 saturated heterocycles. The van der Waals surface area contributed by atoms with Gasteiger partial charge in [-0.05, 0) is 30.7 Å². The first kappa shape index (κ1) is 19.4. The van der Waals surface area contributed by atoms with E-state index in [2.05, 4.69) is 15.7 Å². The first-order valence-corrected chi connectivity index (χ1v) is 8.30. The molecule has 2 rings (SSSR count). The first-order chi connectivity index (χ1) is 12.2. The van der Waals surface area contributed by atoms with E-state index >= 15 is 0 Å². The first-order valence-electron chi connectivity index (χ1n) is 8.30. The summed E-state index contributed by atoms with van der Waals surface area (Å²) in [6, 6.07) is 7.10. The second-order valence-corrected chi connectivity index (χ2v) is 6.93. The molecule has 0 saturated carbocycles. The van der Waals surface area contributed by atoms with Gasteiger partial charge in [-0.15, -0.1) is 0 Å². The van der Waals surface area contributed by atoms with Gasteiger partial charge >= 0.3 is 12.0 Å². The molecular formula is C18H23FN4O3. The smallest absolute Gasteiger partial charge is 0.320 e. The zero-order valence-corrected chi connectivity index (χ0v) is 15.0. The second-order valence-electron chi connectivity index (χ2n) is 6.93. The molecule has 140 valence electrons. The van der Waals surface area contributed by atoms with E-state index in [1.807, 2.05) is 20.8 Å². The van der Waals surface area contributed by atoms with Crippen LogP contribution in [0.3, 0.4) is 0 Å². The van der Waals surface area contributed by atoms with Crippen LogP contribution in [-0.2, 0) is 10.2 Å². The number of carboxylic acids is 1. The van der Waals surface area contributed by atoms with Crippen molar-refractivity contribution in [2.24, 2.45) is 0 Å². The van der Waals surface area contributed by atoms with Crippen LogP contribution in [0.1, 0.15) is 39.3 Å². The Morgan fingerprint density at radius 3 is 2.46 bits per heavy atom. The third-order valence-corrected chi connectivity index (χ3v) is 3.64. The van der Waals surface area contributed by atoms with E-state index in [0.717, 1.165) is 5.69 Å². The summed E-state index contributed by atoms with van der Waals surface area (Å²) in [6.07, 6.45) is 0.329. The second kappa shape index (κ2) is 7.99. The highest BCUT2D eigenvalue weighted by Crippen LogP contribution is 2.26. The Labute approximate surface area is 151 Å². The number of halogens is 1. The Morgan fingerprint density at radius 1 is 1.23 bits per heavy atom. The van der Waals surface area contributed by atoms with Crippen LogP contribution in [0.2, 0.25) is 0 Å². The maximum atomic E-state index is 13.2. The minimum absolute atomic E-state index is 0.0119. The number of carboxylic acid groups (broad SMARTS) is 1. The van der Waals surface area contributed by atoms with E-state index in [1.165, 1.54) is 16.8 Å². The molecule has 0 atom stereocenters. The molecule has 2 aromatic rings. The van der Waals surface area contributed by atoms with E-state index in [0.29, 0.717) is 17.9 Å². The number of rotatable bonds is 6. The molecule has 0 spiro atoms. The fraction of sp³-hybridized carbons (Fsp3) is 0.389. The van der Waals surface area contributed by atoms with E-state index in [4.69, 9.17) is 5.11 Å². The molecule has 0 aliphatic heterocycles. The van der Waals surface area contributed by atoms with E-state index in [-0.39, 0.29) is 24.2 Å². The monoisotopic (exact) mass is 362 g/mol. The standard InChI is InChI=1S/C18H23FN4O3/c1-18(2,3)14-11-15(21-17(26)20-10-4-5-16(24)25)23(22-14)13-8-6-12(19)7-9-13/h6-9,11H,4-5,10H2,1-3H3,(H,24,25)(H2,20,21,26). The third-order valence-electron chi connectivity index (χ3n) is 3.64. The SMILES string of the molecule is CC(C)(C)c1cc(NC(=O)NCCCC(=O)O)n(-c2ccc(F)cc2)n1. The molecular weight excluding hydrogens is 339 g/mol. The van der Waals surface area contributed by atoms with Crippen LogP contribution in [0.5, 0.6) is 0 Å². The van der Waals surface area contributed by atoms with Crippen molar-refractivity contribution in [1.82, 2.24) is 15.1 Å². The lowest BCUT2D eigenvalue weighted by molar-refractivity contribution is -0.137. The summed E-state index contributed by atoms with van der Waals surface area (Å²) in [5.74, 6) is -0.823. The lowest BCUT2D eigenvalue weighted by Gasteiger charge is -2.14. The molecule has 8 heteroatoms. The molecule has 0 radical (unpaired) electrons. The number of carbonyl (C=O) groups excluding carboxylic acids is 1. The molecule has 0 unspecified atom stereocenters. The van der Waals surface area contributed by atoms with Crippen LogP contribution in [0.25, 0.3) is 5.69 Å². The van der Waals surface area contributed by atoms with Crippen LogP contribution in [-0.4, -0.2) is 33.4 Å². The largest absolute Gasteiger partial charge is 0.481 e. The normalized spacial score (nSPS) is 11.2. The number of hydrogen-bond acceptors (Lipinski definition) is 3. The topological polar surface area (TPSA) is 96.3 Å². The van der Waals surface area contributed by atoms with Crippen LogP contribution in [0.4, 0.5) is 15.0 Å². The van der Waals surface area contributed by atoms with Crippen molar-refractivity contribution in [3.8, 4) is 5.69 Å². The Balaban J connectivity index is 2.17. The Bertz CT molecular complexity index is 779. The van der Waals surface area contributed by atoms with Crippen LogP contribution in [0.15, 0.2) is 30.3 Å². The van der Waals surface area contributed by atoms with E-state index in [1.54, 1.807) is 18.2 Å². The Morgan fingerprint density at radius 2 is 1.88 bits per heavy atom. The average molecular weight is 362 g/mol. The Kier molecular flexibility index (Phi) is 5.97. The predicted molar refractivity (Wildman–Crippen MR) is 96.1 cm³/mol. The number of amides is 2. The number of nitrogens with zero attached hydrogens (tertiary/aromatic N) is 2. The highest BCUT2D eigenvalue weighted by molar-refractivity contribution is 5.88. The minimum Gasteiger partial charge on any atom is -0.481 e. The summed E-state index contributed by atoms with van der Waals surface area (Å²) in [6.45, 7) is 6.25. The predicted octanol–water partition coefficient (Wildman–Crippen LogP) is 3.30. The average Bonchev–Trinajstić information content (AvgIpc) is 2.96. The number of aromatic nitrogens is 2. The quantitative estimate of drug-likeness (QED) is 0.687. The van der Waals surface area contributed by atoms with Gasteiger partial charge in [0.2, 0.25) is 0 Å². The fourth-order valence-electron chi connectivity index (χ4n) is 2.22. The van der Waals surface area contributed by atoms with Crippen molar-refractivity contribution in [3.05, 3.63) is 41.8 Å². The van der Waals surface area contributed by atoms with Gasteiger partial charge in [-0.1, -0.05) is 20.8 Å². The summed E-state index contributed by atoms with van der Waals surface area (Å²) in [7, 11) is 0. The van der Waals surface area contributed by atoms with Crippen molar-refractivity contribution < 1.29 is 19.1 Å². The number of carbonyl (C=O) groups is 2. The van der Waals surface area contributed by atoms with Gasteiger partial charge in [-0.3, -0.25) is 10.1 Å². The summed E-state index contributed by atoms with van der Waals surface area (Å²) < 4.78 is 14.7. The number of urea groups is 1. The lowest BCUT2D eigenvalue weighted by atomic mass is 9.92. The molecule has 2 amide bonds. The molecule has 0 fully saturated rings. The zero-order valence-electron chi connectivity index (χ0n) is 15.0. The molecule has 0 aliphatic rings. The molecule has 0 aliphatic carbocycles. The molecule has 26 heavy (non-hydrogen) atoms. The highest BCUT2D eigenvalue weighted by atomic mass is 19.1. The van der Waals surface area contributed by atoms with Crippen LogP contribution < -0.4 is 10.6 Å². The van der Waals surface area contributed by atoms with Crippen LogP contribution in [0, 0.1) is 5.82 Å². The number of hydrogen-bond donors (Lipinski definition) is 3. The van der Waals surface area contributed by atoms with Crippen molar-refractivity contribution in [3.63, 3.8) is 0 Å². The van der Waals surface area contributed by atoms with Gasteiger partial charge in [-0.2, -0.15) is 5.10 Å². The summed E-state index contributed by atoms with van der Waals surface area (Å²) in [5.41, 5.74) is 1.14. The van der Waals surface area contributed by atoms with E-state index in [9.17, 15) is 14.0 Å². The van der Waals surface area contributed by atoms with Gasteiger partial charge in [0.05, 0.1) is 11.4 Å². The van der Waals surface area contributed by atoms with Crippen LogP contribution >= 0.6 is 0 Å². The summed E-state index contributed by atoms with van der Waals surface area (Å²) in [4.78, 5) is 22.6. The van der Waals surface area contributed by atoms with Gasteiger partial charge in [0.1, 0.15) is 11.6 Å². The molecule has 3 N–H and O–H groups in total. The van der Waals surface area contributed by atoms with Crippen molar-refractivity contribution in [2.45, 2.75) is 39.0 Å². The minimum atomic E-state index is -0.906. The van der Waals surface area contributed by atoms with Gasteiger partial charge in [0.15, 0.2) is 0 Å². The molecule has 0 bridgehead atoms. The highest BCUT2D eigenvalue weighted by Gasteiger charge is 2.21. The van der Waals surface area contributed by atoms with Crippen molar-refractivity contribution >= 4 is 17.8 Å². The summed E-state index contributed by atoms with van der Waals surface area (Å²) >= 11 is 0. The van der Waals surface area contributed by atoms with Gasteiger partial charge < -0.3 is 10.4 Å². The van der Waals surface area contributed by atoms with Gasteiger partial charge in [0, 0.05) is 24.4 Å². The molecule has 1 heterocycles.